The van der Waals surface area contributed by atoms with E-state index in [-0.39, 0.29) is 22.2 Å². The van der Waals surface area contributed by atoms with Crippen LogP contribution >= 0.6 is 23.2 Å². The number of nitro benzene ring substituents is 1. The quantitative estimate of drug-likeness (QED) is 0.692. The molecule has 20 heavy (non-hydrogen) atoms. The van der Waals surface area contributed by atoms with Gasteiger partial charge in [0.05, 0.1) is 22.5 Å². The molecule has 0 unspecified atom stereocenters. The highest BCUT2D eigenvalue weighted by Crippen LogP contribution is 2.33. The minimum absolute atomic E-state index is 0.0469. The smallest absolute Gasteiger partial charge is 0.290 e. The molecule has 0 radical (unpaired) electrons. The zero-order valence-electron chi connectivity index (χ0n) is 9.93. The number of carbonyl (C=O) groups is 1. The van der Waals surface area contributed by atoms with E-state index in [2.05, 4.69) is 5.32 Å². The second kappa shape index (κ2) is 5.94. The van der Waals surface area contributed by atoms with E-state index in [4.69, 9.17) is 27.6 Å². The molecule has 104 valence electrons. The molecular weight excluding hydrogens is 307 g/mol. The van der Waals surface area contributed by atoms with Crippen LogP contribution in [0.1, 0.15) is 15.9 Å². The van der Waals surface area contributed by atoms with Gasteiger partial charge in [-0.05, 0) is 12.1 Å². The van der Waals surface area contributed by atoms with E-state index in [1.54, 1.807) is 6.07 Å². The highest BCUT2D eigenvalue weighted by molar-refractivity contribution is 6.43. The van der Waals surface area contributed by atoms with Crippen LogP contribution in [0.3, 0.4) is 0 Å². The minimum atomic E-state index is -0.693. The number of carbonyl (C=O) groups excluding carboxylic acids is 1. The van der Waals surface area contributed by atoms with Gasteiger partial charge in [-0.3, -0.25) is 14.9 Å². The molecular formula is C12H8Cl2N2O4. The summed E-state index contributed by atoms with van der Waals surface area (Å²) < 4.78 is 4.86. The summed E-state index contributed by atoms with van der Waals surface area (Å²) in [5.41, 5.74) is 0.426. The Morgan fingerprint density at radius 2 is 2.15 bits per heavy atom. The van der Waals surface area contributed by atoms with E-state index in [9.17, 15) is 14.9 Å². The van der Waals surface area contributed by atoms with Crippen molar-refractivity contribution in [2.24, 2.45) is 0 Å². The van der Waals surface area contributed by atoms with Crippen molar-refractivity contribution in [3.05, 3.63) is 62.0 Å². The van der Waals surface area contributed by atoms with Gasteiger partial charge < -0.3 is 9.73 Å². The van der Waals surface area contributed by atoms with Gasteiger partial charge >= 0.3 is 0 Å². The molecule has 1 aromatic carbocycles. The van der Waals surface area contributed by atoms with Crippen molar-refractivity contribution in [1.82, 2.24) is 5.32 Å². The lowest BCUT2D eigenvalue weighted by molar-refractivity contribution is -0.384. The summed E-state index contributed by atoms with van der Waals surface area (Å²) in [7, 11) is 0. The molecule has 0 saturated heterocycles. The van der Waals surface area contributed by atoms with E-state index in [0.29, 0.717) is 0 Å². The number of nitro groups is 1. The maximum absolute atomic E-state index is 11.9. The normalized spacial score (nSPS) is 10.3. The number of nitrogens with zero attached hydrogens (tertiary/aromatic N) is 1. The molecule has 6 nitrogen and oxygen atoms in total. The van der Waals surface area contributed by atoms with Crippen molar-refractivity contribution in [3.63, 3.8) is 0 Å². The van der Waals surface area contributed by atoms with E-state index >= 15 is 0 Å². The summed E-state index contributed by atoms with van der Waals surface area (Å²) in [6, 6.07) is 4.05. The first kappa shape index (κ1) is 14.4. The van der Waals surface area contributed by atoms with Crippen LogP contribution in [0.2, 0.25) is 10.0 Å². The number of halogens is 2. The summed E-state index contributed by atoms with van der Waals surface area (Å²) in [4.78, 5) is 22.0. The first-order valence-corrected chi connectivity index (χ1v) is 6.17. The third-order valence-electron chi connectivity index (χ3n) is 2.50. The molecule has 1 aromatic heterocycles. The molecule has 8 heteroatoms. The van der Waals surface area contributed by atoms with E-state index in [0.717, 1.165) is 11.6 Å². The highest BCUT2D eigenvalue weighted by atomic mass is 35.5. The zero-order valence-corrected chi connectivity index (χ0v) is 11.4. The first-order chi connectivity index (χ1) is 9.49. The first-order valence-electron chi connectivity index (χ1n) is 5.41. The zero-order chi connectivity index (χ0) is 14.7. The average molecular weight is 315 g/mol. The Balaban J connectivity index is 2.19. The van der Waals surface area contributed by atoms with Gasteiger partial charge in [-0.1, -0.05) is 23.2 Å². The Hall–Kier alpha value is -2.05. The Morgan fingerprint density at radius 3 is 2.75 bits per heavy atom. The van der Waals surface area contributed by atoms with Crippen molar-refractivity contribution in [2.75, 3.05) is 0 Å². The van der Waals surface area contributed by atoms with Crippen molar-refractivity contribution in [1.29, 1.82) is 0 Å². The van der Waals surface area contributed by atoms with Gasteiger partial charge in [-0.15, -0.1) is 0 Å². The van der Waals surface area contributed by atoms with Crippen LogP contribution in [0.15, 0.2) is 35.1 Å². The molecule has 2 rings (SSSR count). The molecule has 0 spiro atoms. The summed E-state index contributed by atoms with van der Waals surface area (Å²) >= 11 is 11.5. The number of hydrogen-bond acceptors (Lipinski definition) is 4. The number of rotatable bonds is 4. The fourth-order valence-corrected chi connectivity index (χ4v) is 1.91. The molecule has 0 bridgehead atoms. The predicted molar refractivity (Wildman–Crippen MR) is 73.0 cm³/mol. The second-order valence-corrected chi connectivity index (χ2v) is 4.65. The topological polar surface area (TPSA) is 85.4 Å². The van der Waals surface area contributed by atoms with Gasteiger partial charge in [0.25, 0.3) is 11.6 Å². The van der Waals surface area contributed by atoms with Crippen LogP contribution in [-0.4, -0.2) is 10.8 Å². The summed E-state index contributed by atoms with van der Waals surface area (Å²) in [6.07, 6.45) is 2.96. The highest BCUT2D eigenvalue weighted by Gasteiger charge is 2.20. The van der Waals surface area contributed by atoms with Gasteiger partial charge in [0.1, 0.15) is 5.02 Å². The average Bonchev–Trinajstić information content (AvgIpc) is 2.91. The van der Waals surface area contributed by atoms with Gasteiger partial charge in [-0.2, -0.15) is 0 Å². The van der Waals surface area contributed by atoms with Crippen LogP contribution in [0, 0.1) is 10.1 Å². The van der Waals surface area contributed by atoms with Gasteiger partial charge in [-0.25, -0.2) is 0 Å². The van der Waals surface area contributed by atoms with E-state index in [1.807, 2.05) is 0 Å². The van der Waals surface area contributed by atoms with Crippen LogP contribution in [-0.2, 0) is 6.54 Å². The summed E-state index contributed by atoms with van der Waals surface area (Å²) in [5.74, 6) is -0.493. The second-order valence-electron chi connectivity index (χ2n) is 3.86. The van der Waals surface area contributed by atoms with Crippen LogP contribution < -0.4 is 5.32 Å². The van der Waals surface area contributed by atoms with Crippen LogP contribution in [0.5, 0.6) is 0 Å². The molecule has 1 N–H and O–H groups in total. The summed E-state index contributed by atoms with van der Waals surface area (Å²) in [6.45, 7) is 0.239. The minimum Gasteiger partial charge on any atom is -0.472 e. The molecule has 0 fully saturated rings. The Bertz CT molecular complexity index is 656. The van der Waals surface area contributed by atoms with Gasteiger partial charge in [0, 0.05) is 23.7 Å². The SMILES string of the molecule is O=C(NCc1ccoc1)c1cc(Cl)c(Cl)c([N+](=O)[O-])c1. The monoisotopic (exact) mass is 314 g/mol. The lowest BCUT2D eigenvalue weighted by atomic mass is 10.2. The molecule has 0 saturated carbocycles. The molecule has 2 aromatic rings. The van der Waals surface area contributed by atoms with Crippen molar-refractivity contribution in [3.8, 4) is 0 Å². The number of benzene rings is 1. The Kier molecular flexibility index (Phi) is 4.26. The number of hydrogen-bond donors (Lipinski definition) is 1. The maximum atomic E-state index is 11.9. The predicted octanol–water partition coefficient (Wildman–Crippen LogP) is 3.42. The van der Waals surface area contributed by atoms with Gasteiger partial charge in [0.15, 0.2) is 0 Å². The van der Waals surface area contributed by atoms with E-state index in [1.165, 1.54) is 18.6 Å². The lowest BCUT2D eigenvalue weighted by Crippen LogP contribution is -2.22. The van der Waals surface area contributed by atoms with E-state index < -0.39 is 16.5 Å². The number of nitrogens with one attached hydrogen (secondary N) is 1. The largest absolute Gasteiger partial charge is 0.472 e. The number of furan rings is 1. The third kappa shape index (κ3) is 3.09. The molecule has 1 heterocycles. The lowest BCUT2D eigenvalue weighted by Gasteiger charge is -2.05. The Labute approximate surface area is 123 Å². The van der Waals surface area contributed by atoms with Crippen LogP contribution in [0.25, 0.3) is 0 Å². The third-order valence-corrected chi connectivity index (χ3v) is 3.29. The molecule has 0 aliphatic rings. The van der Waals surface area contributed by atoms with Gasteiger partial charge in [0.2, 0.25) is 0 Å². The summed E-state index contributed by atoms with van der Waals surface area (Å²) in [5, 5.41) is 13.2. The fourth-order valence-electron chi connectivity index (χ4n) is 1.52. The Morgan fingerprint density at radius 1 is 1.40 bits per heavy atom. The number of amides is 1. The van der Waals surface area contributed by atoms with Crippen LogP contribution in [0.4, 0.5) is 5.69 Å². The van der Waals surface area contributed by atoms with Crippen molar-refractivity contribution < 1.29 is 14.1 Å². The van der Waals surface area contributed by atoms with Crippen molar-refractivity contribution >= 4 is 34.8 Å². The van der Waals surface area contributed by atoms with Crippen molar-refractivity contribution in [2.45, 2.75) is 6.54 Å². The standard InChI is InChI=1S/C12H8Cl2N2O4/c13-9-3-8(4-10(11(9)14)16(18)19)12(17)15-5-7-1-2-20-6-7/h1-4,6H,5H2,(H,15,17). The molecule has 0 aliphatic heterocycles. The molecule has 1 amide bonds. The molecule has 0 atom stereocenters. The maximum Gasteiger partial charge on any atom is 0.290 e. The molecule has 0 aliphatic carbocycles. The fraction of sp³-hybridized carbons (Fsp3) is 0.0833.